The molecule has 0 aliphatic carbocycles. The third kappa shape index (κ3) is 6.05. The lowest BCUT2D eigenvalue weighted by atomic mass is 9.95. The average molecular weight is 588 g/mol. The lowest BCUT2D eigenvalue weighted by Gasteiger charge is -2.25. The smallest absolute Gasteiger partial charge is 0.271 e. The Labute approximate surface area is 252 Å². The fourth-order valence-corrected chi connectivity index (χ4v) is 6.06. The van der Waals surface area contributed by atoms with Crippen molar-refractivity contribution in [2.75, 3.05) is 12.4 Å². The summed E-state index contributed by atoms with van der Waals surface area (Å²) in [5.41, 5.74) is 4.08. The lowest BCUT2D eigenvalue weighted by Crippen LogP contribution is -2.40. The number of hydrogen-bond acceptors (Lipinski definition) is 6. The van der Waals surface area contributed by atoms with E-state index in [4.69, 9.17) is 14.5 Å². The maximum absolute atomic E-state index is 14.0. The van der Waals surface area contributed by atoms with Gasteiger partial charge in [-0.25, -0.2) is 4.99 Å². The first-order chi connectivity index (χ1) is 21.0. The molecule has 1 amide bonds. The van der Waals surface area contributed by atoms with Crippen molar-refractivity contribution in [3.8, 4) is 11.5 Å². The Morgan fingerprint density at radius 3 is 2.37 bits per heavy atom. The molecule has 0 fully saturated rings. The molecule has 1 N–H and O–H groups in total. The van der Waals surface area contributed by atoms with Crippen LogP contribution in [-0.2, 0) is 11.4 Å². The fourth-order valence-electron chi connectivity index (χ4n) is 5.01. The Morgan fingerprint density at radius 2 is 1.65 bits per heavy atom. The largest absolute Gasteiger partial charge is 0.497 e. The minimum Gasteiger partial charge on any atom is -0.497 e. The number of fused-ring (bicyclic) bond motifs is 1. The zero-order chi connectivity index (χ0) is 29.8. The van der Waals surface area contributed by atoms with Gasteiger partial charge in [0.2, 0.25) is 0 Å². The van der Waals surface area contributed by atoms with E-state index in [0.29, 0.717) is 38.6 Å². The minimum absolute atomic E-state index is 0.224. The molecule has 1 unspecified atom stereocenters. The number of hydrogen-bond donors (Lipinski definition) is 1. The van der Waals surface area contributed by atoms with Crippen molar-refractivity contribution in [3.05, 3.63) is 157 Å². The average Bonchev–Trinajstić information content (AvgIpc) is 3.34. The third-order valence-electron chi connectivity index (χ3n) is 7.13. The number of nitrogens with one attached hydrogen (secondary N) is 1. The Hall–Kier alpha value is -5.21. The summed E-state index contributed by atoms with van der Waals surface area (Å²) >= 11 is 1.30. The highest BCUT2D eigenvalue weighted by molar-refractivity contribution is 7.07. The van der Waals surface area contributed by atoms with E-state index in [1.54, 1.807) is 18.6 Å². The number of anilines is 1. The van der Waals surface area contributed by atoms with Gasteiger partial charge in [0.15, 0.2) is 4.80 Å². The fraction of sp³-hybridized carbons (Fsp3) is 0.114. The monoisotopic (exact) mass is 587 g/mol. The van der Waals surface area contributed by atoms with E-state index < -0.39 is 6.04 Å². The molecular formula is C35H29N3O4S. The van der Waals surface area contributed by atoms with Crippen LogP contribution in [0.5, 0.6) is 11.5 Å². The number of aromatic nitrogens is 1. The van der Waals surface area contributed by atoms with Crippen LogP contribution in [0.4, 0.5) is 5.69 Å². The molecule has 5 aromatic rings. The molecule has 2 heterocycles. The molecule has 0 saturated heterocycles. The van der Waals surface area contributed by atoms with Crippen molar-refractivity contribution < 1.29 is 14.3 Å². The van der Waals surface area contributed by atoms with Crippen LogP contribution < -0.4 is 29.7 Å². The topological polar surface area (TPSA) is 81.9 Å². The van der Waals surface area contributed by atoms with E-state index in [1.165, 1.54) is 11.3 Å². The highest BCUT2D eigenvalue weighted by atomic mass is 32.1. The first-order valence-corrected chi connectivity index (χ1v) is 14.6. The van der Waals surface area contributed by atoms with Gasteiger partial charge in [0, 0.05) is 5.69 Å². The van der Waals surface area contributed by atoms with Crippen molar-refractivity contribution in [2.24, 2.45) is 4.99 Å². The number of benzene rings is 4. The molecule has 0 spiro atoms. The Bertz CT molecular complexity index is 1980. The molecular weight excluding hydrogens is 558 g/mol. The number of nitrogens with zero attached hydrogens (tertiary/aromatic N) is 2. The number of ether oxygens (including phenoxy) is 2. The van der Waals surface area contributed by atoms with Crippen molar-refractivity contribution >= 4 is 29.0 Å². The van der Waals surface area contributed by atoms with Crippen molar-refractivity contribution in [2.45, 2.75) is 19.6 Å². The maximum atomic E-state index is 14.0. The summed E-state index contributed by atoms with van der Waals surface area (Å²) in [4.78, 5) is 33.0. The van der Waals surface area contributed by atoms with Crippen molar-refractivity contribution in [1.29, 1.82) is 0 Å². The predicted molar refractivity (Wildman–Crippen MR) is 169 cm³/mol. The second-order valence-electron chi connectivity index (χ2n) is 10.0. The number of allylic oxidation sites excluding steroid dienone is 1. The van der Waals surface area contributed by atoms with Crippen LogP contribution in [0.1, 0.15) is 29.7 Å². The molecule has 0 bridgehead atoms. The molecule has 1 atom stereocenters. The van der Waals surface area contributed by atoms with E-state index in [2.05, 4.69) is 5.32 Å². The number of carbonyl (C=O) groups excluding carboxylic acids is 1. The van der Waals surface area contributed by atoms with Crippen LogP contribution in [0, 0.1) is 0 Å². The second kappa shape index (κ2) is 12.3. The summed E-state index contributed by atoms with van der Waals surface area (Å²) in [6, 6.07) is 33.6. The molecule has 0 radical (unpaired) electrons. The van der Waals surface area contributed by atoms with Crippen LogP contribution in [-0.4, -0.2) is 17.6 Å². The van der Waals surface area contributed by atoms with E-state index in [-0.39, 0.29) is 11.5 Å². The van der Waals surface area contributed by atoms with Gasteiger partial charge in [-0.15, -0.1) is 0 Å². The molecule has 7 nitrogen and oxygen atoms in total. The molecule has 214 valence electrons. The van der Waals surface area contributed by atoms with E-state index >= 15 is 0 Å². The van der Waals surface area contributed by atoms with Crippen molar-refractivity contribution in [3.63, 3.8) is 0 Å². The Morgan fingerprint density at radius 1 is 0.930 bits per heavy atom. The summed E-state index contributed by atoms with van der Waals surface area (Å²) in [5.74, 6) is 1.05. The standard InChI is InChI=1S/C35H29N3O4S/c1-23-31(33(39)37-27-13-7-4-8-14-27)32(26-12-9-15-29(21-26)41-2)38-34(40)30(43-35(38)36-23)20-24-16-18-28(19-17-24)42-22-25-10-5-3-6-11-25/h3-21,32H,22H2,1-2H3,(H,37,39)/b30-20-. The second-order valence-corrected chi connectivity index (χ2v) is 11.0. The van der Waals surface area contributed by atoms with E-state index in [0.717, 1.165) is 22.4 Å². The Balaban J connectivity index is 1.37. The van der Waals surface area contributed by atoms with Crippen LogP contribution in [0.25, 0.3) is 6.08 Å². The van der Waals surface area contributed by atoms with Crippen molar-refractivity contribution in [1.82, 2.24) is 4.57 Å². The number of rotatable bonds is 8. The normalized spacial score (nSPS) is 14.6. The molecule has 1 aromatic heterocycles. The molecule has 0 saturated carbocycles. The third-order valence-corrected chi connectivity index (χ3v) is 8.12. The summed E-state index contributed by atoms with van der Waals surface area (Å²) in [5, 5.41) is 2.97. The highest BCUT2D eigenvalue weighted by Gasteiger charge is 2.32. The summed E-state index contributed by atoms with van der Waals surface area (Å²) in [6.45, 7) is 2.28. The summed E-state index contributed by atoms with van der Waals surface area (Å²) < 4.78 is 13.5. The minimum atomic E-state index is -0.689. The number of carbonyl (C=O) groups is 1. The summed E-state index contributed by atoms with van der Waals surface area (Å²) in [7, 11) is 1.59. The van der Waals surface area contributed by atoms with E-state index in [9.17, 15) is 9.59 Å². The number of amides is 1. The van der Waals surface area contributed by atoms with Crippen LogP contribution in [0.3, 0.4) is 0 Å². The van der Waals surface area contributed by atoms with Gasteiger partial charge in [0.05, 0.1) is 29.0 Å². The number of para-hydroxylation sites is 1. The van der Waals surface area contributed by atoms with E-state index in [1.807, 2.05) is 115 Å². The predicted octanol–water partition coefficient (Wildman–Crippen LogP) is 5.46. The molecule has 43 heavy (non-hydrogen) atoms. The van der Waals surface area contributed by atoms with Gasteiger partial charge in [0.1, 0.15) is 18.1 Å². The van der Waals surface area contributed by atoms with Crippen LogP contribution in [0.15, 0.2) is 130 Å². The van der Waals surface area contributed by atoms with Crippen LogP contribution >= 0.6 is 11.3 Å². The number of methoxy groups -OCH3 is 1. The highest BCUT2D eigenvalue weighted by Crippen LogP contribution is 2.32. The zero-order valence-corrected chi connectivity index (χ0v) is 24.5. The molecule has 4 aromatic carbocycles. The summed E-state index contributed by atoms with van der Waals surface area (Å²) in [6.07, 6.45) is 1.84. The first-order valence-electron chi connectivity index (χ1n) is 13.8. The molecule has 8 heteroatoms. The van der Waals surface area contributed by atoms with Gasteiger partial charge in [-0.1, -0.05) is 84.1 Å². The quantitative estimate of drug-likeness (QED) is 0.261. The molecule has 1 aliphatic heterocycles. The van der Waals surface area contributed by atoms with Gasteiger partial charge < -0.3 is 14.8 Å². The van der Waals surface area contributed by atoms with Gasteiger partial charge >= 0.3 is 0 Å². The lowest BCUT2D eigenvalue weighted by molar-refractivity contribution is -0.113. The van der Waals surface area contributed by atoms with Crippen LogP contribution in [0.2, 0.25) is 0 Å². The first kappa shape index (κ1) is 27.9. The molecule has 1 aliphatic rings. The SMILES string of the molecule is COc1cccc(C2C(C(=O)Nc3ccccc3)=C(C)N=c3s/c(=C\c4ccc(OCc5ccccc5)cc4)c(=O)n32)c1. The Kier molecular flexibility index (Phi) is 8.02. The molecule has 6 rings (SSSR count). The van der Waals surface area contributed by atoms with Gasteiger partial charge in [-0.3, -0.25) is 14.2 Å². The maximum Gasteiger partial charge on any atom is 0.271 e. The van der Waals surface area contributed by atoms with Gasteiger partial charge in [-0.05, 0) is 66.1 Å². The zero-order valence-electron chi connectivity index (χ0n) is 23.7. The van der Waals surface area contributed by atoms with Gasteiger partial charge in [-0.2, -0.15) is 0 Å². The van der Waals surface area contributed by atoms with Gasteiger partial charge in [0.25, 0.3) is 11.5 Å². The number of thiazole rings is 1.